The number of hydrogen-bond acceptors (Lipinski definition) is 0. The quantitative estimate of drug-likeness (QED) is 0.460. The van der Waals surface area contributed by atoms with E-state index < -0.39 is 0 Å². The first-order valence-corrected chi connectivity index (χ1v) is 5.16. The summed E-state index contributed by atoms with van der Waals surface area (Å²) in [7, 11) is 0. The van der Waals surface area contributed by atoms with Gasteiger partial charge in [-0.1, -0.05) is 29.6 Å². The summed E-state index contributed by atoms with van der Waals surface area (Å²) in [5.41, 5.74) is 1.38. The molecule has 0 aromatic heterocycles. The number of hydrogen-bond donors (Lipinski definition) is 0. The van der Waals surface area contributed by atoms with E-state index in [0.717, 1.165) is 12.8 Å². The summed E-state index contributed by atoms with van der Waals surface area (Å²) < 4.78 is 0. The Labute approximate surface area is 89.1 Å². The monoisotopic (exact) mass is 189 g/mol. The molecule has 1 atom stereocenters. The van der Waals surface area contributed by atoms with Gasteiger partial charge in [-0.05, 0) is 40.5 Å². The number of rotatable bonds is 4. The molecule has 77 valence electrons. The van der Waals surface area contributed by atoms with E-state index >= 15 is 0 Å². The van der Waals surface area contributed by atoms with Gasteiger partial charge in [0.25, 0.3) is 0 Å². The van der Waals surface area contributed by atoms with Gasteiger partial charge >= 0.3 is 0 Å². The minimum Gasteiger partial charge on any atom is -0.102 e. The maximum absolute atomic E-state index is 3.70. The molecule has 0 amide bonds. The van der Waals surface area contributed by atoms with Gasteiger partial charge < -0.3 is 0 Å². The molecular weight excluding hydrogens is 168 g/mol. The van der Waals surface area contributed by atoms with Crippen molar-refractivity contribution in [2.45, 2.75) is 40.5 Å². The van der Waals surface area contributed by atoms with Crippen molar-refractivity contribution in [3.63, 3.8) is 0 Å². The summed E-state index contributed by atoms with van der Waals surface area (Å²) in [4.78, 5) is 0. The van der Waals surface area contributed by atoms with Crippen molar-refractivity contribution in [3.05, 3.63) is 30.2 Å². The lowest BCUT2D eigenvalue weighted by Gasteiger charge is -2.00. The van der Waals surface area contributed by atoms with E-state index in [9.17, 15) is 0 Å². The van der Waals surface area contributed by atoms with Crippen molar-refractivity contribution in [1.82, 2.24) is 0 Å². The Morgan fingerprint density at radius 2 is 2.00 bits per heavy atom. The van der Waals surface area contributed by atoms with Crippen LogP contribution in [0, 0.1) is 23.7 Å². The van der Waals surface area contributed by atoms with Gasteiger partial charge in [-0.2, -0.15) is 0 Å². The predicted molar refractivity (Wildman–Crippen MR) is 64.7 cm³/mol. The predicted octanol–water partition coefficient (Wildman–Crippen LogP) is 4.15. The van der Waals surface area contributed by atoms with Crippen LogP contribution in [0.3, 0.4) is 0 Å². The summed E-state index contributed by atoms with van der Waals surface area (Å²) >= 11 is 0. The van der Waals surface area contributed by atoms with Crippen LogP contribution in [0.1, 0.15) is 40.5 Å². The Morgan fingerprint density at radius 3 is 2.50 bits per heavy atom. The smallest absolute Gasteiger partial charge is 0.0452 e. The molecule has 1 unspecified atom stereocenters. The van der Waals surface area contributed by atoms with Gasteiger partial charge in [0.05, 0.1) is 0 Å². The highest BCUT2D eigenvalue weighted by molar-refractivity contribution is 5.22. The molecule has 0 bridgehead atoms. The average Bonchev–Trinajstić information content (AvgIpc) is 2.13. The minimum atomic E-state index is 0.299. The topological polar surface area (TPSA) is 0 Å². The molecule has 0 heteroatoms. The van der Waals surface area contributed by atoms with Gasteiger partial charge in [-0.25, -0.2) is 0 Å². The van der Waals surface area contributed by atoms with E-state index in [2.05, 4.69) is 52.2 Å². The van der Waals surface area contributed by atoms with Crippen LogP contribution in [0.15, 0.2) is 24.3 Å². The fraction of sp³-hybridized carbons (Fsp3) is 0.500. The van der Waals surface area contributed by atoms with Crippen LogP contribution in [0.2, 0.25) is 0 Å². The number of allylic oxidation sites excluding steroid dienone is 3. The summed E-state index contributed by atoms with van der Waals surface area (Å²) in [6, 6.07) is 0. The molecule has 0 nitrogen and oxygen atoms in total. The van der Waals surface area contributed by atoms with Crippen LogP contribution in [-0.2, 0) is 0 Å². The molecule has 0 aliphatic heterocycles. The molecule has 0 saturated carbocycles. The molecule has 0 aliphatic carbocycles. The third-order valence-electron chi connectivity index (χ3n) is 1.94. The van der Waals surface area contributed by atoms with Crippen LogP contribution >= 0.6 is 0 Å². The molecule has 14 heavy (non-hydrogen) atoms. The van der Waals surface area contributed by atoms with Crippen LogP contribution in [-0.4, -0.2) is 0 Å². The van der Waals surface area contributed by atoms with Gasteiger partial charge in [0.1, 0.15) is 0 Å². The Kier molecular flexibility index (Phi) is 6.93. The second kappa shape index (κ2) is 7.44. The fourth-order valence-electron chi connectivity index (χ4n) is 0.936. The lowest BCUT2D eigenvalue weighted by atomic mass is 10.0. The third kappa shape index (κ3) is 7.68. The van der Waals surface area contributed by atoms with Gasteiger partial charge in [0.15, 0.2) is 0 Å². The zero-order valence-corrected chi connectivity index (χ0v) is 9.85. The van der Waals surface area contributed by atoms with Gasteiger partial charge in [-0.15, -0.1) is 6.58 Å². The summed E-state index contributed by atoms with van der Waals surface area (Å²) in [5, 5.41) is 0. The van der Waals surface area contributed by atoms with Crippen molar-refractivity contribution >= 4 is 0 Å². The Balaban J connectivity index is 3.84. The van der Waals surface area contributed by atoms with Crippen LogP contribution < -0.4 is 0 Å². The lowest BCUT2D eigenvalue weighted by molar-refractivity contribution is 0.899. The molecule has 0 aromatic rings. The van der Waals surface area contributed by atoms with Crippen molar-refractivity contribution < 1.29 is 0 Å². The second-order valence-corrected chi connectivity index (χ2v) is 3.89. The van der Waals surface area contributed by atoms with Crippen molar-refractivity contribution in [2.24, 2.45) is 5.92 Å². The Hall–Kier alpha value is -0.960. The molecule has 0 heterocycles. The molecule has 0 aromatic carbocycles. The van der Waals surface area contributed by atoms with E-state index in [1.54, 1.807) is 0 Å². The zero-order valence-electron chi connectivity index (χ0n) is 9.85. The standard InChI is InChI=1S/C14H21/c1-6-13(4)10-11-14(5)9-7-8-12(2)3/h6,8,13H,1,7,9H2,2-5H3. The summed E-state index contributed by atoms with van der Waals surface area (Å²) in [6.45, 7) is 12.1. The first kappa shape index (κ1) is 13.0. The molecule has 0 fully saturated rings. The molecule has 0 rings (SSSR count). The molecule has 0 N–H and O–H groups in total. The molecule has 0 aliphatic rings. The molecular formula is C14H21. The van der Waals surface area contributed by atoms with Crippen molar-refractivity contribution in [1.29, 1.82) is 0 Å². The highest BCUT2D eigenvalue weighted by atomic mass is 14.0. The average molecular weight is 189 g/mol. The largest absolute Gasteiger partial charge is 0.102 e. The maximum Gasteiger partial charge on any atom is 0.0452 e. The van der Waals surface area contributed by atoms with E-state index in [-0.39, 0.29) is 0 Å². The van der Waals surface area contributed by atoms with Crippen LogP contribution in [0.5, 0.6) is 0 Å². The summed E-state index contributed by atoms with van der Waals surface area (Å²) in [5.74, 6) is 7.88. The Morgan fingerprint density at radius 1 is 1.36 bits per heavy atom. The van der Waals surface area contributed by atoms with Crippen LogP contribution in [0.25, 0.3) is 0 Å². The van der Waals surface area contributed by atoms with E-state index in [4.69, 9.17) is 0 Å². The first-order chi connectivity index (χ1) is 6.56. The lowest BCUT2D eigenvalue weighted by Crippen LogP contribution is -1.88. The third-order valence-corrected chi connectivity index (χ3v) is 1.94. The molecule has 0 spiro atoms. The Bertz CT molecular complexity index is 243. The summed E-state index contributed by atoms with van der Waals surface area (Å²) in [6.07, 6.45) is 6.30. The zero-order chi connectivity index (χ0) is 11.0. The normalized spacial score (nSPS) is 11.5. The van der Waals surface area contributed by atoms with Gasteiger partial charge in [0, 0.05) is 11.8 Å². The van der Waals surface area contributed by atoms with Crippen LogP contribution in [0.4, 0.5) is 0 Å². The molecule has 0 saturated heterocycles. The van der Waals surface area contributed by atoms with Crippen molar-refractivity contribution in [2.75, 3.05) is 0 Å². The maximum atomic E-state index is 3.70. The SMILES string of the molecule is C=CC(C)C#C[C](C)CCC=C(C)C. The van der Waals surface area contributed by atoms with Gasteiger partial charge in [0.2, 0.25) is 0 Å². The van der Waals surface area contributed by atoms with E-state index in [1.165, 1.54) is 11.5 Å². The highest BCUT2D eigenvalue weighted by Gasteiger charge is 1.96. The molecule has 1 radical (unpaired) electrons. The van der Waals surface area contributed by atoms with Gasteiger partial charge in [-0.3, -0.25) is 0 Å². The minimum absolute atomic E-state index is 0.299. The van der Waals surface area contributed by atoms with Crippen molar-refractivity contribution in [3.8, 4) is 11.8 Å². The second-order valence-electron chi connectivity index (χ2n) is 3.89. The van der Waals surface area contributed by atoms with E-state index in [1.807, 2.05) is 6.08 Å². The highest BCUT2D eigenvalue weighted by Crippen LogP contribution is 2.09. The fourth-order valence-corrected chi connectivity index (χ4v) is 0.936. The first-order valence-electron chi connectivity index (χ1n) is 5.16. The van der Waals surface area contributed by atoms with E-state index in [0.29, 0.717) is 5.92 Å².